The largest absolute Gasteiger partial charge is 0.478 e. The van der Waals surface area contributed by atoms with Gasteiger partial charge in [0.25, 0.3) is 11.8 Å². The summed E-state index contributed by atoms with van der Waals surface area (Å²) in [6.07, 6.45) is 3.66. The van der Waals surface area contributed by atoms with Crippen LogP contribution in [0.15, 0.2) is 66.7 Å². The first-order valence-electron chi connectivity index (χ1n) is 14.0. The predicted molar refractivity (Wildman–Crippen MR) is 160 cm³/mol. The van der Waals surface area contributed by atoms with E-state index in [1.165, 1.54) is 6.07 Å². The maximum Gasteiger partial charge on any atom is 0.338 e. The van der Waals surface area contributed by atoms with Crippen LogP contribution in [0, 0.1) is 5.82 Å². The number of amides is 2. The van der Waals surface area contributed by atoms with E-state index in [1.54, 1.807) is 53.4 Å². The molecule has 1 saturated carbocycles. The molecule has 232 valence electrons. The van der Waals surface area contributed by atoms with Crippen LogP contribution in [0.1, 0.15) is 75.0 Å². The quantitative estimate of drug-likeness (QED) is 0.290. The molecule has 0 unspecified atom stereocenters. The van der Waals surface area contributed by atoms with Crippen LogP contribution in [-0.2, 0) is 26.3 Å². The summed E-state index contributed by atoms with van der Waals surface area (Å²) in [6, 6.07) is 15.0. The Labute approximate surface area is 259 Å². The van der Waals surface area contributed by atoms with Gasteiger partial charge in [0.15, 0.2) is 0 Å². The topological polar surface area (TPSA) is 142 Å². The molecule has 1 aliphatic carbocycles. The van der Waals surface area contributed by atoms with Crippen LogP contribution in [-0.4, -0.2) is 54.5 Å². The van der Waals surface area contributed by atoms with Crippen LogP contribution in [0.4, 0.5) is 4.39 Å². The summed E-state index contributed by atoms with van der Waals surface area (Å²) < 4.78 is 41.2. The zero-order chi connectivity index (χ0) is 31.6. The van der Waals surface area contributed by atoms with Gasteiger partial charge < -0.3 is 10.0 Å². The minimum Gasteiger partial charge on any atom is -0.478 e. The second kappa shape index (κ2) is 13.0. The van der Waals surface area contributed by atoms with Crippen molar-refractivity contribution >= 4 is 39.4 Å². The first-order valence-corrected chi connectivity index (χ1v) is 16.3. The van der Waals surface area contributed by atoms with Gasteiger partial charge in [0.05, 0.1) is 30.4 Å². The molecule has 1 aliphatic heterocycles. The highest BCUT2D eigenvalue weighted by Gasteiger charge is 2.49. The molecule has 0 bridgehead atoms. The Balaban J connectivity index is 1.53. The van der Waals surface area contributed by atoms with Crippen LogP contribution in [0.2, 0.25) is 5.02 Å². The molecule has 3 aromatic rings. The van der Waals surface area contributed by atoms with E-state index >= 15 is 0 Å². The van der Waals surface area contributed by atoms with Gasteiger partial charge in [0.1, 0.15) is 5.82 Å². The van der Waals surface area contributed by atoms with E-state index in [0.29, 0.717) is 40.1 Å². The van der Waals surface area contributed by atoms with Crippen molar-refractivity contribution in [2.45, 2.75) is 56.3 Å². The molecule has 3 aromatic carbocycles. The zero-order valence-corrected chi connectivity index (χ0v) is 25.3. The number of fused-ring (bicyclic) bond motifs is 1. The fraction of sp³-hybridized carbons (Fsp3) is 0.323. The Kier molecular flexibility index (Phi) is 9.35. The van der Waals surface area contributed by atoms with E-state index in [1.807, 2.05) is 0 Å². The zero-order valence-electron chi connectivity index (χ0n) is 23.7. The number of benzene rings is 3. The number of carboxylic acids is 1. The van der Waals surface area contributed by atoms with Crippen LogP contribution in [0.3, 0.4) is 0 Å². The highest BCUT2D eigenvalue weighted by molar-refractivity contribution is 7.88. The van der Waals surface area contributed by atoms with Gasteiger partial charge in [-0.15, -0.1) is 0 Å². The summed E-state index contributed by atoms with van der Waals surface area (Å²) in [4.78, 5) is 46.7. The van der Waals surface area contributed by atoms with Gasteiger partial charge in [-0.3, -0.25) is 14.4 Å². The van der Waals surface area contributed by atoms with E-state index in [9.17, 15) is 32.3 Å². The van der Waals surface area contributed by atoms with Gasteiger partial charge in [-0.2, -0.15) is 0 Å². The van der Waals surface area contributed by atoms with Crippen molar-refractivity contribution in [3.8, 4) is 0 Å². The monoisotopic (exact) mass is 643 g/mol. The molecule has 5 rings (SSSR count). The molecule has 2 aliphatic rings. The Morgan fingerprint density at radius 1 is 1.07 bits per heavy atom. The Hall–Kier alpha value is -3.84. The van der Waals surface area contributed by atoms with Crippen molar-refractivity contribution < 1.29 is 37.1 Å². The van der Waals surface area contributed by atoms with Crippen LogP contribution < -0.4 is 10.2 Å². The molecule has 0 saturated heterocycles. The number of carboxylic acid groups (broad SMARTS) is 1. The van der Waals surface area contributed by atoms with Crippen LogP contribution in [0.25, 0.3) is 0 Å². The summed E-state index contributed by atoms with van der Waals surface area (Å²) in [6.45, 7) is -0.252. The lowest BCUT2D eigenvalue weighted by molar-refractivity contribution is -0.138. The SMILES string of the molecule is CS(=O)(=O)N[C@H]1CCCC[C@@H]1N1C(=O)c2ccccc2[C@@H](C(=O)NOCc2ccc(F)c(C(=O)O)c2)[C@@H]1c1ccc(Cl)cc1. The number of halogens is 2. The normalized spacial score (nSPS) is 21.9. The summed E-state index contributed by atoms with van der Waals surface area (Å²) >= 11 is 6.19. The van der Waals surface area contributed by atoms with E-state index in [4.69, 9.17) is 16.4 Å². The van der Waals surface area contributed by atoms with Gasteiger partial charge in [-0.05, 0) is 59.9 Å². The predicted octanol–water partition coefficient (Wildman–Crippen LogP) is 4.57. The van der Waals surface area contributed by atoms with Crippen molar-refractivity contribution in [1.82, 2.24) is 15.1 Å². The third-order valence-corrected chi connectivity index (χ3v) is 8.98. The van der Waals surface area contributed by atoms with Gasteiger partial charge in [-0.25, -0.2) is 27.8 Å². The lowest BCUT2D eigenvalue weighted by atomic mass is 9.76. The molecule has 0 radical (unpaired) electrons. The standard InChI is InChI=1S/C31H31ClFN3O7S/c1-44(41,42)35-25-8-4-5-9-26(25)36-28(19-11-13-20(32)14-12-19)27(21-6-2-3-7-22(21)30(36)38)29(37)34-43-17-18-10-15-24(33)23(16-18)31(39)40/h2-3,6-7,10-16,25-28,35H,4-5,8-9,17H2,1H3,(H,34,37)(H,39,40)/t25-,26-,27+,28-/m0/s1. The number of hydrogen-bond donors (Lipinski definition) is 3. The number of nitrogens with one attached hydrogen (secondary N) is 2. The summed E-state index contributed by atoms with van der Waals surface area (Å²) in [5, 5.41) is 9.69. The lowest BCUT2D eigenvalue weighted by Crippen LogP contribution is -2.59. The minimum atomic E-state index is -3.61. The number of hydroxylamine groups is 1. The molecule has 2 amide bonds. The number of nitrogens with zero attached hydrogens (tertiary/aromatic N) is 1. The Morgan fingerprint density at radius 3 is 2.48 bits per heavy atom. The molecule has 1 fully saturated rings. The first-order chi connectivity index (χ1) is 20.9. The van der Waals surface area contributed by atoms with Gasteiger partial charge in [-0.1, -0.05) is 60.8 Å². The van der Waals surface area contributed by atoms with Crippen LogP contribution in [0.5, 0.6) is 0 Å². The van der Waals surface area contributed by atoms with E-state index in [0.717, 1.165) is 31.2 Å². The van der Waals surface area contributed by atoms with Gasteiger partial charge >= 0.3 is 5.97 Å². The van der Waals surface area contributed by atoms with Gasteiger partial charge in [0, 0.05) is 22.7 Å². The second-order valence-corrected chi connectivity index (χ2v) is 13.2. The molecule has 0 aromatic heterocycles. The maximum absolute atomic E-state index is 14.2. The number of hydrogen-bond acceptors (Lipinski definition) is 6. The van der Waals surface area contributed by atoms with Crippen molar-refractivity contribution in [3.05, 3.63) is 105 Å². The summed E-state index contributed by atoms with van der Waals surface area (Å²) in [7, 11) is -3.61. The molecule has 3 N–H and O–H groups in total. The summed E-state index contributed by atoms with van der Waals surface area (Å²) in [5.74, 6) is -4.22. The highest BCUT2D eigenvalue weighted by Crippen LogP contribution is 2.46. The first kappa shape index (κ1) is 31.6. The second-order valence-electron chi connectivity index (χ2n) is 11.0. The average Bonchev–Trinajstić information content (AvgIpc) is 2.98. The average molecular weight is 644 g/mol. The number of aromatic carboxylic acids is 1. The summed E-state index contributed by atoms with van der Waals surface area (Å²) in [5.41, 5.74) is 3.63. The molecule has 1 heterocycles. The third kappa shape index (κ3) is 6.78. The van der Waals surface area contributed by atoms with Crippen molar-refractivity contribution in [2.24, 2.45) is 0 Å². The van der Waals surface area contributed by atoms with Gasteiger partial charge in [0.2, 0.25) is 10.0 Å². The van der Waals surface area contributed by atoms with Crippen molar-refractivity contribution in [3.63, 3.8) is 0 Å². The van der Waals surface area contributed by atoms with Crippen molar-refractivity contribution in [2.75, 3.05) is 6.26 Å². The molecular weight excluding hydrogens is 613 g/mol. The Morgan fingerprint density at radius 2 is 1.77 bits per heavy atom. The fourth-order valence-corrected chi connectivity index (χ4v) is 7.10. The maximum atomic E-state index is 14.2. The number of sulfonamides is 1. The van der Waals surface area contributed by atoms with Crippen LogP contribution >= 0.6 is 11.6 Å². The van der Waals surface area contributed by atoms with Crippen molar-refractivity contribution in [1.29, 1.82) is 0 Å². The molecule has 0 spiro atoms. The third-order valence-electron chi connectivity index (χ3n) is 8.00. The van der Waals surface area contributed by atoms with E-state index in [2.05, 4.69) is 10.2 Å². The smallest absolute Gasteiger partial charge is 0.338 e. The highest BCUT2D eigenvalue weighted by atomic mass is 35.5. The molecular formula is C31H31ClFN3O7S. The molecule has 13 heteroatoms. The molecule has 44 heavy (non-hydrogen) atoms. The van der Waals surface area contributed by atoms with E-state index < -0.39 is 57.3 Å². The number of carbonyl (C=O) groups excluding carboxylic acids is 2. The molecule has 10 nitrogen and oxygen atoms in total. The fourth-order valence-electron chi connectivity index (χ4n) is 6.15. The Bertz CT molecular complexity index is 1690. The minimum absolute atomic E-state index is 0.252. The number of carbonyl (C=O) groups is 3. The lowest BCUT2D eigenvalue weighted by Gasteiger charge is -2.49. The number of rotatable bonds is 9. The molecule has 4 atom stereocenters. The van der Waals surface area contributed by atoms with E-state index in [-0.39, 0.29) is 12.5 Å².